The molecule has 0 bridgehead atoms. The van der Waals surface area contributed by atoms with E-state index in [1.807, 2.05) is 0 Å². The van der Waals surface area contributed by atoms with E-state index < -0.39 is 32.1 Å². The quantitative estimate of drug-likeness (QED) is 0.724. The Bertz CT molecular complexity index is 959. The molecule has 0 amide bonds. The Kier molecular flexibility index (Phi) is 4.23. The van der Waals surface area contributed by atoms with Crippen molar-refractivity contribution in [1.82, 2.24) is 0 Å². The van der Waals surface area contributed by atoms with Gasteiger partial charge in [-0.25, -0.2) is 17.2 Å². The van der Waals surface area contributed by atoms with Crippen molar-refractivity contribution in [2.45, 2.75) is 35.3 Å². The first-order chi connectivity index (χ1) is 12.4. The second-order valence-corrected chi connectivity index (χ2v) is 9.48. The van der Waals surface area contributed by atoms with Gasteiger partial charge in [-0.15, -0.1) is 0 Å². The average Bonchev–Trinajstić information content (AvgIpc) is 2.64. The second kappa shape index (κ2) is 6.20. The van der Waals surface area contributed by atoms with Crippen molar-refractivity contribution >= 4 is 21.4 Å². The van der Waals surface area contributed by atoms with E-state index in [9.17, 15) is 17.2 Å². The van der Waals surface area contributed by atoms with E-state index in [0.29, 0.717) is 17.9 Å². The number of benzene rings is 2. The molecule has 0 unspecified atom stereocenters. The summed E-state index contributed by atoms with van der Waals surface area (Å²) in [6.45, 7) is 0.172. The van der Waals surface area contributed by atoms with E-state index in [1.165, 1.54) is 30.3 Å². The maximum atomic E-state index is 14.9. The van der Waals surface area contributed by atoms with Crippen LogP contribution < -0.4 is 4.74 Å². The van der Waals surface area contributed by atoms with E-state index >= 15 is 0 Å². The Morgan fingerprint density at radius 1 is 1.08 bits per heavy atom. The van der Waals surface area contributed by atoms with Crippen LogP contribution in [-0.4, -0.2) is 15.0 Å². The van der Waals surface area contributed by atoms with Crippen LogP contribution in [0.2, 0.25) is 5.02 Å². The minimum Gasteiger partial charge on any atom is -0.493 e. The van der Waals surface area contributed by atoms with Gasteiger partial charge in [0.1, 0.15) is 10.5 Å². The predicted octanol–water partition coefficient (Wildman–Crippen LogP) is 4.87. The first-order valence-corrected chi connectivity index (χ1v) is 10.4. The molecule has 1 heterocycles. The highest BCUT2D eigenvalue weighted by atomic mass is 35.5. The van der Waals surface area contributed by atoms with Gasteiger partial charge in [0.2, 0.25) is 0 Å². The fourth-order valence-corrected chi connectivity index (χ4v) is 6.85. The van der Waals surface area contributed by atoms with Crippen LogP contribution in [0.5, 0.6) is 5.75 Å². The van der Waals surface area contributed by atoms with Gasteiger partial charge in [0.25, 0.3) is 0 Å². The summed E-state index contributed by atoms with van der Waals surface area (Å²) in [5, 5.41) is 0.409. The topological polar surface area (TPSA) is 43.4 Å². The van der Waals surface area contributed by atoms with Crippen molar-refractivity contribution in [2.75, 3.05) is 6.61 Å². The van der Waals surface area contributed by atoms with E-state index in [2.05, 4.69) is 0 Å². The molecule has 138 valence electrons. The van der Waals surface area contributed by atoms with Crippen LogP contribution in [0.3, 0.4) is 0 Å². The number of halogens is 3. The first kappa shape index (κ1) is 17.7. The highest BCUT2D eigenvalue weighted by Crippen LogP contribution is 2.56. The lowest BCUT2D eigenvalue weighted by Gasteiger charge is -2.47. The summed E-state index contributed by atoms with van der Waals surface area (Å²) in [6.07, 6.45) is 2.28. The molecule has 0 N–H and O–H groups in total. The molecule has 1 aliphatic carbocycles. The zero-order chi connectivity index (χ0) is 18.5. The summed E-state index contributed by atoms with van der Waals surface area (Å²) in [6, 6.07) is 8.11. The van der Waals surface area contributed by atoms with Gasteiger partial charge in [-0.05, 0) is 49.2 Å². The Hall–Kier alpha value is -1.66. The molecule has 0 saturated heterocycles. The third kappa shape index (κ3) is 2.38. The number of hydrogen-bond donors (Lipinski definition) is 0. The number of ether oxygens (including phenoxy) is 1. The van der Waals surface area contributed by atoms with Gasteiger partial charge in [-0.3, -0.25) is 0 Å². The van der Waals surface area contributed by atoms with E-state index in [1.54, 1.807) is 0 Å². The van der Waals surface area contributed by atoms with Crippen molar-refractivity contribution in [3.8, 4) is 5.75 Å². The zero-order valence-corrected chi connectivity index (χ0v) is 15.4. The van der Waals surface area contributed by atoms with Crippen LogP contribution in [0.1, 0.15) is 31.2 Å². The molecule has 2 aromatic carbocycles. The van der Waals surface area contributed by atoms with Crippen LogP contribution in [0.15, 0.2) is 41.3 Å². The van der Waals surface area contributed by atoms with E-state index in [4.69, 9.17) is 16.3 Å². The molecule has 26 heavy (non-hydrogen) atoms. The van der Waals surface area contributed by atoms with Crippen LogP contribution in [0.4, 0.5) is 8.78 Å². The van der Waals surface area contributed by atoms with Gasteiger partial charge in [0, 0.05) is 10.9 Å². The van der Waals surface area contributed by atoms with Gasteiger partial charge in [-0.1, -0.05) is 24.4 Å². The van der Waals surface area contributed by atoms with Crippen LogP contribution in [0.25, 0.3) is 0 Å². The normalized spacial score (nSPS) is 25.1. The molecule has 3 nitrogen and oxygen atoms in total. The molecule has 1 saturated carbocycles. The zero-order valence-electron chi connectivity index (χ0n) is 13.8. The van der Waals surface area contributed by atoms with Gasteiger partial charge < -0.3 is 4.74 Å². The fraction of sp³-hybridized carbons (Fsp3) is 0.368. The standard InChI is InChI=1S/C19H17ClF2O3S/c20-13-4-6-14(7-5-13)26(23,24)19-10-2-1-3-12(19)11-25-16-9-8-15(21)18(22)17(16)19/h4-9,12H,1-3,10-11H2/t12-,19+/m1/s1. The number of hydrogen-bond acceptors (Lipinski definition) is 3. The molecule has 2 aromatic rings. The predicted molar refractivity (Wildman–Crippen MR) is 94.1 cm³/mol. The molecular formula is C19H17ClF2O3S. The van der Waals surface area contributed by atoms with Gasteiger partial charge in [0.05, 0.1) is 17.1 Å². The Balaban J connectivity index is 2.02. The largest absolute Gasteiger partial charge is 0.493 e. The van der Waals surface area contributed by atoms with E-state index in [-0.39, 0.29) is 29.2 Å². The third-order valence-corrected chi connectivity index (χ3v) is 8.38. The number of rotatable bonds is 2. The summed E-state index contributed by atoms with van der Waals surface area (Å²) in [5.41, 5.74) is -0.164. The Morgan fingerprint density at radius 2 is 1.81 bits per heavy atom. The summed E-state index contributed by atoms with van der Waals surface area (Å²) < 4.78 is 60.4. The third-order valence-electron chi connectivity index (χ3n) is 5.53. The smallest absolute Gasteiger partial charge is 0.188 e. The Morgan fingerprint density at radius 3 is 2.54 bits per heavy atom. The number of sulfone groups is 1. The molecule has 2 aliphatic rings. The monoisotopic (exact) mass is 398 g/mol. The lowest BCUT2D eigenvalue weighted by molar-refractivity contribution is 0.128. The van der Waals surface area contributed by atoms with Crippen molar-refractivity contribution in [2.24, 2.45) is 5.92 Å². The van der Waals surface area contributed by atoms with E-state index in [0.717, 1.165) is 12.5 Å². The van der Waals surface area contributed by atoms with Gasteiger partial charge in [-0.2, -0.15) is 0 Å². The summed E-state index contributed by atoms with van der Waals surface area (Å²) in [5.74, 6) is -2.52. The number of fused-ring (bicyclic) bond motifs is 3. The summed E-state index contributed by atoms with van der Waals surface area (Å²) in [7, 11) is -4.00. The van der Waals surface area contributed by atoms with Gasteiger partial charge in [0.15, 0.2) is 21.5 Å². The molecule has 0 spiro atoms. The molecule has 1 fully saturated rings. The van der Waals surface area contributed by atoms with Crippen LogP contribution >= 0.6 is 11.6 Å². The average molecular weight is 399 g/mol. The minimum absolute atomic E-state index is 0.0605. The van der Waals surface area contributed by atoms with Crippen molar-refractivity contribution in [1.29, 1.82) is 0 Å². The van der Waals surface area contributed by atoms with Crippen LogP contribution in [-0.2, 0) is 14.6 Å². The summed E-state index contributed by atoms with van der Waals surface area (Å²) >= 11 is 5.89. The molecule has 4 rings (SSSR count). The second-order valence-electron chi connectivity index (χ2n) is 6.84. The minimum atomic E-state index is -4.00. The van der Waals surface area contributed by atoms with Crippen molar-refractivity contribution < 1.29 is 21.9 Å². The van der Waals surface area contributed by atoms with Crippen LogP contribution in [0, 0.1) is 17.6 Å². The highest BCUT2D eigenvalue weighted by molar-refractivity contribution is 7.92. The van der Waals surface area contributed by atoms with Gasteiger partial charge >= 0.3 is 0 Å². The maximum absolute atomic E-state index is 14.9. The highest BCUT2D eigenvalue weighted by Gasteiger charge is 2.58. The van der Waals surface area contributed by atoms with Crippen molar-refractivity contribution in [3.05, 3.63) is 58.6 Å². The molecule has 0 aromatic heterocycles. The van der Waals surface area contributed by atoms with Crippen molar-refractivity contribution in [3.63, 3.8) is 0 Å². The lowest BCUT2D eigenvalue weighted by atomic mass is 9.73. The molecule has 2 atom stereocenters. The molecule has 7 heteroatoms. The first-order valence-electron chi connectivity index (χ1n) is 8.49. The maximum Gasteiger partial charge on any atom is 0.188 e. The lowest BCUT2D eigenvalue weighted by Crippen LogP contribution is -2.50. The Labute approximate surface area is 155 Å². The molecule has 1 aliphatic heterocycles. The SMILES string of the molecule is O=S(=O)(c1ccc(Cl)cc1)[C@@]12CCCC[C@@H]1COc1ccc(F)c(F)c12. The molecule has 0 radical (unpaired) electrons. The fourth-order valence-electron chi connectivity index (χ4n) is 4.31. The summed E-state index contributed by atoms with van der Waals surface area (Å²) in [4.78, 5) is 0.0605. The molecular weight excluding hydrogens is 382 g/mol.